The summed E-state index contributed by atoms with van der Waals surface area (Å²) in [6.45, 7) is 16.2. The van der Waals surface area contributed by atoms with Gasteiger partial charge in [0.2, 0.25) is 0 Å². The molecule has 3 aromatic carbocycles. The fourth-order valence-corrected chi connectivity index (χ4v) is 4.92. The van der Waals surface area contributed by atoms with E-state index in [2.05, 4.69) is 15.8 Å². The minimum Gasteiger partial charge on any atom is -0.448 e. The molecular weight excluding hydrogens is 530 g/mol. The van der Waals surface area contributed by atoms with Crippen molar-refractivity contribution in [1.29, 1.82) is 5.26 Å². The molecule has 2 heterocycles. The lowest BCUT2D eigenvalue weighted by Crippen LogP contribution is -1.85. The highest BCUT2D eigenvalue weighted by Crippen LogP contribution is 2.41. The van der Waals surface area contributed by atoms with E-state index < -0.39 is 0 Å². The van der Waals surface area contributed by atoms with Crippen LogP contribution in [0.15, 0.2) is 84.9 Å². The Hall–Kier alpha value is -5.27. The first-order valence-corrected chi connectivity index (χ1v) is 13.1. The lowest BCUT2D eigenvalue weighted by Gasteiger charge is -2.07. The maximum Gasteiger partial charge on any atom is 0.198 e. The molecule has 0 atom stereocenters. The highest BCUT2D eigenvalue weighted by molar-refractivity contribution is 7.16. The van der Waals surface area contributed by atoms with Crippen molar-refractivity contribution in [2.24, 2.45) is 0 Å². The number of thiophene rings is 2. The quantitative estimate of drug-likeness (QED) is 0.181. The second-order valence-electron chi connectivity index (χ2n) is 7.99. The molecule has 0 bridgehead atoms. The average Bonchev–Trinajstić information content (AvgIpc) is 3.58. The van der Waals surface area contributed by atoms with Crippen LogP contribution >= 0.6 is 22.7 Å². The van der Waals surface area contributed by atoms with Gasteiger partial charge in [0, 0.05) is 6.07 Å². The van der Waals surface area contributed by atoms with Gasteiger partial charge in [0.15, 0.2) is 31.6 Å². The summed E-state index contributed by atoms with van der Waals surface area (Å²) in [6.07, 6.45) is 0. The summed E-state index contributed by atoms with van der Waals surface area (Å²) in [4.78, 5) is 6.72. The van der Waals surface area contributed by atoms with Crippen molar-refractivity contribution in [3.63, 3.8) is 0 Å². The minimum absolute atomic E-state index is 0.250. The lowest BCUT2D eigenvalue weighted by molar-refractivity contribution is 0.473. The van der Waals surface area contributed by atoms with Gasteiger partial charge >= 0.3 is 0 Å². The van der Waals surface area contributed by atoms with Crippen LogP contribution in [0.5, 0.6) is 43.3 Å². The first-order valence-electron chi connectivity index (χ1n) is 11.4. The van der Waals surface area contributed by atoms with Crippen LogP contribution in [0.2, 0.25) is 0 Å². The SMILES string of the molecule is [C-]#[N+]c1ccc(Oc2ccc(Oc3cccc(Oc4ccc(Oc5ccc(C)c(C#N)c5)s4)c3)s2)cc1[N+]#[C-]. The van der Waals surface area contributed by atoms with Crippen LogP contribution in [-0.4, -0.2) is 0 Å². The third-order valence-electron chi connectivity index (χ3n) is 5.31. The molecule has 39 heavy (non-hydrogen) atoms. The Kier molecular flexibility index (Phi) is 7.43. The average molecular weight is 548 g/mol. The van der Waals surface area contributed by atoms with Crippen LogP contribution in [-0.2, 0) is 0 Å². The molecule has 9 heteroatoms. The molecule has 2 aromatic heterocycles. The molecule has 0 aliphatic rings. The number of nitriles is 1. The fourth-order valence-electron chi connectivity index (χ4n) is 3.43. The normalized spacial score (nSPS) is 10.1. The van der Waals surface area contributed by atoms with Gasteiger partial charge in [-0.25, -0.2) is 4.85 Å². The molecule has 188 valence electrons. The Bertz CT molecular complexity index is 1790. The summed E-state index contributed by atoms with van der Waals surface area (Å²) in [5, 5.41) is 11.7. The molecule has 0 aliphatic heterocycles. The van der Waals surface area contributed by atoms with E-state index in [0.717, 1.165) is 5.56 Å². The number of benzene rings is 3. The third kappa shape index (κ3) is 6.18. The molecule has 0 saturated carbocycles. The molecule has 0 spiro atoms. The largest absolute Gasteiger partial charge is 0.448 e. The smallest absolute Gasteiger partial charge is 0.198 e. The van der Waals surface area contributed by atoms with Gasteiger partial charge in [0.25, 0.3) is 0 Å². The van der Waals surface area contributed by atoms with Crippen LogP contribution in [0.25, 0.3) is 9.69 Å². The Morgan fingerprint density at radius 2 is 1.10 bits per heavy atom. The summed E-state index contributed by atoms with van der Waals surface area (Å²) in [5.74, 6) is 2.26. The molecule has 7 nitrogen and oxygen atoms in total. The van der Waals surface area contributed by atoms with Crippen LogP contribution in [0, 0.1) is 31.4 Å². The van der Waals surface area contributed by atoms with E-state index in [1.807, 2.05) is 49.4 Å². The fraction of sp³-hybridized carbons (Fsp3) is 0.0333. The first-order chi connectivity index (χ1) is 19.0. The molecular formula is C30H17N3O4S2. The summed E-state index contributed by atoms with van der Waals surface area (Å²) < 4.78 is 23.7. The Balaban J connectivity index is 1.22. The van der Waals surface area contributed by atoms with E-state index in [1.54, 1.807) is 42.5 Å². The van der Waals surface area contributed by atoms with E-state index in [1.165, 1.54) is 22.7 Å². The van der Waals surface area contributed by atoms with Gasteiger partial charge in [0.05, 0.1) is 24.8 Å². The minimum atomic E-state index is 0.250. The van der Waals surface area contributed by atoms with Crippen molar-refractivity contribution in [3.05, 3.63) is 119 Å². The van der Waals surface area contributed by atoms with E-state index in [9.17, 15) is 5.26 Å². The zero-order chi connectivity index (χ0) is 27.2. The van der Waals surface area contributed by atoms with Crippen molar-refractivity contribution in [2.45, 2.75) is 6.92 Å². The van der Waals surface area contributed by atoms with E-state index in [-0.39, 0.29) is 5.69 Å². The predicted molar refractivity (Wildman–Crippen MR) is 150 cm³/mol. The van der Waals surface area contributed by atoms with Gasteiger partial charge in [-0.05, 0) is 73.2 Å². The van der Waals surface area contributed by atoms with Crippen LogP contribution in [0.3, 0.4) is 0 Å². The second kappa shape index (κ2) is 11.4. The molecule has 0 aliphatic carbocycles. The van der Waals surface area contributed by atoms with Crippen molar-refractivity contribution in [2.75, 3.05) is 0 Å². The summed E-state index contributed by atoms with van der Waals surface area (Å²) in [5.41, 5.74) is 2.02. The zero-order valence-corrected chi connectivity index (χ0v) is 22.0. The Labute approximate surface area is 232 Å². The van der Waals surface area contributed by atoms with Crippen molar-refractivity contribution in [1.82, 2.24) is 0 Å². The number of ether oxygens (including phenoxy) is 4. The van der Waals surface area contributed by atoms with Gasteiger partial charge in [-0.2, -0.15) is 5.26 Å². The molecule has 0 radical (unpaired) electrons. The van der Waals surface area contributed by atoms with E-state index in [0.29, 0.717) is 54.5 Å². The van der Waals surface area contributed by atoms with E-state index in [4.69, 9.17) is 32.1 Å². The van der Waals surface area contributed by atoms with Gasteiger partial charge < -0.3 is 18.9 Å². The van der Waals surface area contributed by atoms with Gasteiger partial charge in [0.1, 0.15) is 23.0 Å². The highest BCUT2D eigenvalue weighted by Gasteiger charge is 2.10. The van der Waals surface area contributed by atoms with Gasteiger partial charge in [-0.1, -0.05) is 40.9 Å². The standard InChI is InChI=1S/C30H17N3O4S2/c1-19-7-8-23(15-20(19)18-31)36-29-13-11-27(38-29)34-21-5-4-6-22(16-21)35-28-12-14-30(39-28)37-24-9-10-25(32-2)26(17-24)33-3/h4-17H,1H3. The van der Waals surface area contributed by atoms with Crippen molar-refractivity contribution >= 4 is 34.0 Å². The number of hydrogen-bond acceptors (Lipinski definition) is 7. The van der Waals surface area contributed by atoms with Crippen LogP contribution < -0.4 is 18.9 Å². The Morgan fingerprint density at radius 3 is 1.62 bits per heavy atom. The summed E-state index contributed by atoms with van der Waals surface area (Å²) in [7, 11) is 0. The molecule has 5 aromatic rings. The van der Waals surface area contributed by atoms with Crippen molar-refractivity contribution < 1.29 is 18.9 Å². The predicted octanol–water partition coefficient (Wildman–Crippen LogP) is 10.3. The third-order valence-corrected chi connectivity index (χ3v) is 6.99. The lowest BCUT2D eigenvalue weighted by atomic mass is 10.1. The molecule has 0 amide bonds. The maximum absolute atomic E-state index is 9.23. The molecule has 0 unspecified atom stereocenters. The highest BCUT2D eigenvalue weighted by atomic mass is 32.1. The van der Waals surface area contributed by atoms with Crippen LogP contribution in [0.1, 0.15) is 11.1 Å². The topological polar surface area (TPSA) is 69.4 Å². The maximum atomic E-state index is 9.23. The summed E-state index contributed by atoms with van der Waals surface area (Å²) >= 11 is 2.65. The number of rotatable bonds is 8. The zero-order valence-electron chi connectivity index (χ0n) is 20.4. The molecule has 0 saturated heterocycles. The van der Waals surface area contributed by atoms with E-state index >= 15 is 0 Å². The second-order valence-corrected chi connectivity index (χ2v) is 10.0. The molecule has 0 N–H and O–H groups in total. The Morgan fingerprint density at radius 1 is 0.615 bits per heavy atom. The van der Waals surface area contributed by atoms with Gasteiger partial charge in [-0.15, -0.1) is 0 Å². The monoisotopic (exact) mass is 547 g/mol. The first kappa shape index (κ1) is 25.4. The van der Waals surface area contributed by atoms with Crippen LogP contribution in [0.4, 0.5) is 11.4 Å². The number of nitrogens with zero attached hydrogens (tertiary/aromatic N) is 3. The van der Waals surface area contributed by atoms with Gasteiger partial charge in [-0.3, -0.25) is 4.85 Å². The summed E-state index contributed by atoms with van der Waals surface area (Å²) in [6, 6.07) is 26.8. The number of aryl methyl sites for hydroxylation is 1. The number of hydrogen-bond donors (Lipinski definition) is 0. The van der Waals surface area contributed by atoms with Crippen molar-refractivity contribution in [3.8, 4) is 49.3 Å². The molecule has 0 fully saturated rings. The molecule has 5 rings (SSSR count).